The second-order valence-electron chi connectivity index (χ2n) is 6.03. The predicted molar refractivity (Wildman–Crippen MR) is 102 cm³/mol. The topological polar surface area (TPSA) is 39.2 Å². The van der Waals surface area contributed by atoms with E-state index in [1.165, 1.54) is 16.9 Å². The molecule has 2 aromatic carbocycles. The van der Waals surface area contributed by atoms with Crippen molar-refractivity contribution in [3.63, 3.8) is 0 Å². The van der Waals surface area contributed by atoms with Gasteiger partial charge in [-0.25, -0.2) is 4.98 Å². The van der Waals surface area contributed by atoms with Crippen molar-refractivity contribution in [2.24, 2.45) is 0 Å². The summed E-state index contributed by atoms with van der Waals surface area (Å²) in [5.74, 6) is 1.29. The molecular formula is C21H21NO2S. The number of carbonyl (C=O) groups excluding carboxylic acids is 1. The number of rotatable bonds is 7. The van der Waals surface area contributed by atoms with E-state index in [4.69, 9.17) is 4.74 Å². The molecule has 0 amide bonds. The van der Waals surface area contributed by atoms with Gasteiger partial charge in [-0.15, -0.1) is 11.3 Å². The highest BCUT2D eigenvalue weighted by molar-refractivity contribution is 7.11. The summed E-state index contributed by atoms with van der Waals surface area (Å²) in [6, 6.07) is 16.3. The summed E-state index contributed by atoms with van der Waals surface area (Å²) < 4.78 is 6.09. The molecule has 0 fully saturated rings. The Labute approximate surface area is 152 Å². The van der Waals surface area contributed by atoms with E-state index in [1.54, 1.807) is 0 Å². The van der Waals surface area contributed by atoms with Crippen LogP contribution in [-0.4, -0.2) is 11.3 Å². The molecule has 0 bridgehead atoms. The molecule has 1 atom stereocenters. The Morgan fingerprint density at radius 1 is 1.20 bits per heavy atom. The SMILES string of the molecule is CCC(C)c1cc(-c2csc(C=O)n2)ccc1OCc1ccccc1. The number of benzene rings is 2. The van der Waals surface area contributed by atoms with Gasteiger partial charge in [-0.1, -0.05) is 44.2 Å². The molecule has 0 radical (unpaired) electrons. The van der Waals surface area contributed by atoms with Crippen LogP contribution in [0, 0.1) is 0 Å². The van der Waals surface area contributed by atoms with Crippen molar-refractivity contribution in [2.45, 2.75) is 32.8 Å². The van der Waals surface area contributed by atoms with Crippen molar-refractivity contribution in [3.8, 4) is 17.0 Å². The van der Waals surface area contributed by atoms with Gasteiger partial charge in [0, 0.05) is 10.9 Å². The van der Waals surface area contributed by atoms with Gasteiger partial charge in [-0.3, -0.25) is 4.79 Å². The van der Waals surface area contributed by atoms with E-state index in [1.807, 2.05) is 35.7 Å². The lowest BCUT2D eigenvalue weighted by Crippen LogP contribution is -2.01. The van der Waals surface area contributed by atoms with E-state index in [9.17, 15) is 4.79 Å². The lowest BCUT2D eigenvalue weighted by atomic mass is 9.95. The summed E-state index contributed by atoms with van der Waals surface area (Å²) in [4.78, 5) is 15.2. The highest BCUT2D eigenvalue weighted by Crippen LogP contribution is 2.34. The van der Waals surface area contributed by atoms with Gasteiger partial charge >= 0.3 is 0 Å². The first kappa shape index (κ1) is 17.4. The molecule has 0 spiro atoms. The normalized spacial score (nSPS) is 11.9. The standard InChI is InChI=1S/C21H21NO2S/c1-3-15(2)18-11-17(19-14-25-21(12-23)22-19)9-10-20(18)24-13-16-7-5-4-6-8-16/h4-12,14-15H,3,13H2,1-2H3. The summed E-state index contributed by atoms with van der Waals surface area (Å²) >= 11 is 1.37. The predicted octanol–water partition coefficient (Wildman–Crippen LogP) is 5.72. The highest BCUT2D eigenvalue weighted by atomic mass is 32.1. The number of aldehydes is 1. The zero-order valence-electron chi connectivity index (χ0n) is 14.4. The second kappa shape index (κ2) is 8.08. The van der Waals surface area contributed by atoms with Gasteiger partial charge in [0.05, 0.1) is 5.69 Å². The molecule has 0 aliphatic carbocycles. The van der Waals surface area contributed by atoms with Crippen LogP contribution in [0.2, 0.25) is 0 Å². The van der Waals surface area contributed by atoms with Crippen LogP contribution < -0.4 is 4.74 Å². The third-order valence-corrected chi connectivity index (χ3v) is 5.08. The van der Waals surface area contributed by atoms with Gasteiger partial charge in [-0.2, -0.15) is 0 Å². The maximum Gasteiger partial charge on any atom is 0.178 e. The number of nitrogens with zero attached hydrogens (tertiary/aromatic N) is 1. The first-order valence-corrected chi connectivity index (χ1v) is 9.31. The van der Waals surface area contributed by atoms with Crippen LogP contribution in [0.3, 0.4) is 0 Å². The van der Waals surface area contributed by atoms with Gasteiger partial charge in [0.2, 0.25) is 0 Å². The fraction of sp³-hybridized carbons (Fsp3) is 0.238. The summed E-state index contributed by atoms with van der Waals surface area (Å²) in [7, 11) is 0. The molecule has 0 saturated heterocycles. The van der Waals surface area contributed by atoms with Crippen LogP contribution >= 0.6 is 11.3 Å². The molecule has 1 heterocycles. The summed E-state index contributed by atoms with van der Waals surface area (Å²) in [6.07, 6.45) is 1.82. The Morgan fingerprint density at radius 2 is 2.00 bits per heavy atom. The van der Waals surface area contributed by atoms with Crippen LogP contribution in [0.5, 0.6) is 5.75 Å². The lowest BCUT2D eigenvalue weighted by Gasteiger charge is -2.17. The molecule has 1 unspecified atom stereocenters. The number of thiazole rings is 1. The minimum atomic E-state index is 0.384. The van der Waals surface area contributed by atoms with Crippen molar-refractivity contribution in [2.75, 3.05) is 0 Å². The van der Waals surface area contributed by atoms with E-state index < -0.39 is 0 Å². The van der Waals surface area contributed by atoms with Gasteiger partial charge < -0.3 is 4.74 Å². The minimum absolute atomic E-state index is 0.384. The van der Waals surface area contributed by atoms with Crippen LogP contribution in [-0.2, 0) is 6.61 Å². The number of aromatic nitrogens is 1. The van der Waals surface area contributed by atoms with Crippen molar-refractivity contribution >= 4 is 17.6 Å². The third-order valence-electron chi connectivity index (χ3n) is 4.31. The van der Waals surface area contributed by atoms with Crippen molar-refractivity contribution in [3.05, 3.63) is 70.0 Å². The van der Waals surface area contributed by atoms with Crippen molar-refractivity contribution < 1.29 is 9.53 Å². The largest absolute Gasteiger partial charge is 0.489 e. The fourth-order valence-corrected chi connectivity index (χ4v) is 3.28. The summed E-state index contributed by atoms with van der Waals surface area (Å²) in [5, 5.41) is 2.42. The zero-order valence-corrected chi connectivity index (χ0v) is 15.3. The quantitative estimate of drug-likeness (QED) is 0.511. The number of ether oxygens (including phenoxy) is 1. The molecule has 4 heteroatoms. The summed E-state index contributed by atoms with van der Waals surface area (Å²) in [5.41, 5.74) is 4.19. The van der Waals surface area contributed by atoms with E-state index in [0.29, 0.717) is 17.5 Å². The van der Waals surface area contributed by atoms with Crippen molar-refractivity contribution in [1.82, 2.24) is 4.98 Å². The first-order valence-electron chi connectivity index (χ1n) is 8.43. The number of hydrogen-bond donors (Lipinski definition) is 0. The van der Waals surface area contributed by atoms with Gasteiger partial charge in [0.15, 0.2) is 11.3 Å². The van der Waals surface area contributed by atoms with Gasteiger partial charge in [0.1, 0.15) is 12.4 Å². The molecule has 3 nitrogen and oxygen atoms in total. The maximum atomic E-state index is 10.9. The Morgan fingerprint density at radius 3 is 2.68 bits per heavy atom. The van der Waals surface area contributed by atoms with E-state index in [-0.39, 0.29) is 0 Å². The molecule has 0 N–H and O–H groups in total. The molecule has 3 rings (SSSR count). The van der Waals surface area contributed by atoms with Crippen LogP contribution in [0.4, 0.5) is 0 Å². The molecule has 0 saturated carbocycles. The maximum absolute atomic E-state index is 10.9. The van der Waals surface area contributed by atoms with E-state index >= 15 is 0 Å². The Hall–Kier alpha value is -2.46. The molecule has 0 aliphatic heterocycles. The number of carbonyl (C=O) groups is 1. The van der Waals surface area contributed by atoms with Gasteiger partial charge in [0.25, 0.3) is 0 Å². The van der Waals surface area contributed by atoms with Crippen molar-refractivity contribution in [1.29, 1.82) is 0 Å². The number of hydrogen-bond acceptors (Lipinski definition) is 4. The van der Waals surface area contributed by atoms with Crippen LogP contribution in [0.15, 0.2) is 53.9 Å². The molecule has 1 aromatic heterocycles. The molecule has 3 aromatic rings. The minimum Gasteiger partial charge on any atom is -0.489 e. The Balaban J connectivity index is 1.88. The summed E-state index contributed by atoms with van der Waals surface area (Å²) in [6.45, 7) is 4.92. The average molecular weight is 351 g/mol. The Bertz CT molecular complexity index is 842. The molecule has 128 valence electrons. The zero-order chi connectivity index (χ0) is 17.6. The van der Waals surface area contributed by atoms with Gasteiger partial charge in [-0.05, 0) is 41.7 Å². The third kappa shape index (κ3) is 4.15. The monoisotopic (exact) mass is 351 g/mol. The Kier molecular flexibility index (Phi) is 5.61. The molecule has 0 aliphatic rings. The van der Waals surface area contributed by atoms with Crippen LogP contribution in [0.25, 0.3) is 11.3 Å². The first-order chi connectivity index (χ1) is 12.2. The van der Waals surface area contributed by atoms with Crippen LogP contribution in [0.1, 0.15) is 47.1 Å². The van der Waals surface area contributed by atoms with E-state index in [2.05, 4.69) is 37.0 Å². The lowest BCUT2D eigenvalue weighted by molar-refractivity contribution is 0.112. The molecular weight excluding hydrogens is 330 g/mol. The second-order valence-corrected chi connectivity index (χ2v) is 6.91. The smallest absolute Gasteiger partial charge is 0.178 e. The molecule has 25 heavy (non-hydrogen) atoms. The highest BCUT2D eigenvalue weighted by Gasteiger charge is 2.14. The fourth-order valence-electron chi connectivity index (χ4n) is 2.65. The average Bonchev–Trinajstić information content (AvgIpc) is 3.15. The van der Waals surface area contributed by atoms with E-state index in [0.717, 1.165) is 35.3 Å².